The summed E-state index contributed by atoms with van der Waals surface area (Å²) < 4.78 is 0. The first-order valence-electron chi connectivity index (χ1n) is 6.61. The summed E-state index contributed by atoms with van der Waals surface area (Å²) in [6.07, 6.45) is 0. The van der Waals surface area contributed by atoms with Gasteiger partial charge in [0.05, 0.1) is 14.9 Å². The number of aromatic nitrogens is 1. The monoisotopic (exact) mass is 369 g/mol. The Morgan fingerprint density at radius 2 is 1.05 bits per heavy atom. The topological polar surface area (TPSA) is 12.9 Å². The number of rotatable bonds is 6. The minimum Gasteiger partial charge on any atom is -0.232 e. The van der Waals surface area contributed by atoms with Gasteiger partial charge in [-0.3, -0.25) is 0 Å². The summed E-state index contributed by atoms with van der Waals surface area (Å²) in [6, 6.07) is 0. The van der Waals surface area contributed by atoms with Crippen LogP contribution in [0.25, 0.3) is 0 Å². The third-order valence-corrected chi connectivity index (χ3v) is 6.31. The lowest BCUT2D eigenvalue weighted by molar-refractivity contribution is 0.953. The van der Waals surface area contributed by atoms with Crippen LogP contribution in [-0.4, -0.2) is 20.7 Å². The van der Waals surface area contributed by atoms with Gasteiger partial charge in [0.1, 0.15) is 10.1 Å². The van der Waals surface area contributed by atoms with Crippen molar-refractivity contribution in [1.29, 1.82) is 0 Å². The maximum absolute atomic E-state index is 6.51. The highest BCUT2D eigenvalue weighted by molar-refractivity contribution is 8.01. The predicted molar refractivity (Wildman–Crippen MR) is 97.2 cm³/mol. The van der Waals surface area contributed by atoms with Gasteiger partial charge in [0, 0.05) is 15.7 Å². The maximum Gasteiger partial charge on any atom is 0.117 e. The Morgan fingerprint density at radius 3 is 1.35 bits per heavy atom. The highest BCUT2D eigenvalue weighted by atomic mass is 35.5. The van der Waals surface area contributed by atoms with Crippen molar-refractivity contribution in [2.75, 3.05) is 0 Å². The number of halogens is 2. The molecule has 0 saturated heterocycles. The molecule has 0 aromatic carbocycles. The summed E-state index contributed by atoms with van der Waals surface area (Å²) in [5.74, 6) is 0. The van der Waals surface area contributed by atoms with Gasteiger partial charge in [-0.25, -0.2) is 4.98 Å². The van der Waals surface area contributed by atoms with Crippen molar-refractivity contribution < 1.29 is 0 Å². The van der Waals surface area contributed by atoms with Crippen molar-refractivity contribution in [3.8, 4) is 0 Å². The molecule has 0 amide bonds. The molecule has 1 aromatic rings. The second kappa shape index (κ2) is 8.42. The largest absolute Gasteiger partial charge is 0.232 e. The molecule has 1 heterocycles. The molecule has 0 radical (unpaired) electrons. The molecule has 0 fully saturated rings. The van der Waals surface area contributed by atoms with Crippen molar-refractivity contribution in [2.45, 2.75) is 72.2 Å². The highest BCUT2D eigenvalue weighted by Crippen LogP contribution is 2.45. The molecule has 0 atom stereocenters. The van der Waals surface area contributed by atoms with Crippen LogP contribution in [0, 0.1) is 0 Å². The standard InChI is InChI=1S/C14H21Cl2NS3/c1-7(2)18-12-10(15)13(19-8(3)4)17-14(11(12)16)20-9(5)6/h7-9H,1-6H3. The quantitative estimate of drug-likeness (QED) is 0.505. The molecule has 6 heteroatoms. The van der Waals surface area contributed by atoms with Crippen LogP contribution in [0.5, 0.6) is 0 Å². The Hall–Kier alpha value is 0.780. The van der Waals surface area contributed by atoms with Crippen molar-refractivity contribution in [3.63, 3.8) is 0 Å². The highest BCUT2D eigenvalue weighted by Gasteiger charge is 2.20. The van der Waals surface area contributed by atoms with E-state index in [0.717, 1.165) is 14.9 Å². The summed E-state index contributed by atoms with van der Waals surface area (Å²) in [5.41, 5.74) is 0. The molecule has 0 bridgehead atoms. The molecule has 0 N–H and O–H groups in total. The van der Waals surface area contributed by atoms with Crippen LogP contribution < -0.4 is 0 Å². The Bertz CT molecular complexity index is 428. The van der Waals surface area contributed by atoms with E-state index in [1.54, 1.807) is 35.3 Å². The zero-order chi connectivity index (χ0) is 15.4. The number of hydrogen-bond donors (Lipinski definition) is 0. The minimum atomic E-state index is 0.432. The van der Waals surface area contributed by atoms with Gasteiger partial charge in [0.2, 0.25) is 0 Å². The maximum atomic E-state index is 6.51. The Morgan fingerprint density at radius 1 is 0.700 bits per heavy atom. The predicted octanol–water partition coefficient (Wildman–Crippen LogP) is 6.89. The average molecular weight is 370 g/mol. The van der Waals surface area contributed by atoms with Crippen molar-refractivity contribution in [1.82, 2.24) is 4.98 Å². The Labute approximate surface area is 145 Å². The van der Waals surface area contributed by atoms with Gasteiger partial charge in [0.25, 0.3) is 0 Å². The summed E-state index contributed by atoms with van der Waals surface area (Å²) >= 11 is 18.1. The third-order valence-electron chi connectivity index (χ3n) is 2.03. The van der Waals surface area contributed by atoms with Gasteiger partial charge in [-0.1, -0.05) is 64.7 Å². The molecule has 1 rings (SSSR count). The first-order valence-corrected chi connectivity index (χ1v) is 10.0. The van der Waals surface area contributed by atoms with E-state index in [1.165, 1.54) is 0 Å². The van der Waals surface area contributed by atoms with Gasteiger partial charge in [-0.15, -0.1) is 35.3 Å². The molecule has 0 aliphatic rings. The van der Waals surface area contributed by atoms with E-state index in [9.17, 15) is 0 Å². The first-order chi connectivity index (χ1) is 9.22. The SMILES string of the molecule is CC(C)Sc1nc(SC(C)C)c(Cl)c(SC(C)C)c1Cl. The van der Waals surface area contributed by atoms with Crippen LogP contribution in [0.4, 0.5) is 0 Å². The van der Waals surface area contributed by atoms with Crippen LogP contribution in [-0.2, 0) is 0 Å². The summed E-state index contributed by atoms with van der Waals surface area (Å²) in [5, 5.41) is 4.47. The van der Waals surface area contributed by atoms with Gasteiger partial charge in [0.15, 0.2) is 0 Å². The fraction of sp³-hybridized carbons (Fsp3) is 0.643. The fourth-order valence-corrected chi connectivity index (χ4v) is 4.93. The number of nitrogens with zero attached hydrogens (tertiary/aromatic N) is 1. The molecule has 0 saturated carbocycles. The molecule has 0 unspecified atom stereocenters. The van der Waals surface area contributed by atoms with Crippen molar-refractivity contribution >= 4 is 58.5 Å². The van der Waals surface area contributed by atoms with Crippen LogP contribution in [0.15, 0.2) is 14.9 Å². The fourth-order valence-electron chi connectivity index (χ4n) is 1.42. The normalized spacial score (nSPS) is 11.9. The number of pyridine rings is 1. The van der Waals surface area contributed by atoms with Crippen molar-refractivity contribution in [2.24, 2.45) is 0 Å². The third kappa shape index (κ3) is 5.53. The van der Waals surface area contributed by atoms with Crippen LogP contribution in [0.3, 0.4) is 0 Å². The van der Waals surface area contributed by atoms with Gasteiger partial charge in [-0.2, -0.15) is 0 Å². The molecule has 0 aliphatic heterocycles. The molecule has 114 valence electrons. The molecule has 0 spiro atoms. The average Bonchev–Trinajstić information content (AvgIpc) is 2.29. The molecule has 1 aromatic heterocycles. The first kappa shape index (κ1) is 18.8. The van der Waals surface area contributed by atoms with Gasteiger partial charge >= 0.3 is 0 Å². The lowest BCUT2D eigenvalue weighted by Gasteiger charge is -2.17. The zero-order valence-electron chi connectivity index (χ0n) is 12.7. The van der Waals surface area contributed by atoms with Crippen LogP contribution in [0.2, 0.25) is 10.0 Å². The van der Waals surface area contributed by atoms with Crippen LogP contribution in [0.1, 0.15) is 41.5 Å². The number of hydrogen-bond acceptors (Lipinski definition) is 4. The van der Waals surface area contributed by atoms with Gasteiger partial charge in [-0.05, 0) is 0 Å². The van der Waals surface area contributed by atoms with E-state index in [0.29, 0.717) is 25.8 Å². The molecule has 0 aliphatic carbocycles. The molecule has 1 nitrogen and oxygen atoms in total. The molecular weight excluding hydrogens is 349 g/mol. The Kier molecular flexibility index (Phi) is 7.93. The van der Waals surface area contributed by atoms with E-state index in [-0.39, 0.29) is 0 Å². The summed E-state index contributed by atoms with van der Waals surface area (Å²) in [4.78, 5) is 5.63. The lowest BCUT2D eigenvalue weighted by atomic mass is 10.5. The minimum absolute atomic E-state index is 0.432. The second-order valence-electron chi connectivity index (χ2n) is 5.18. The van der Waals surface area contributed by atoms with Crippen LogP contribution >= 0.6 is 58.5 Å². The smallest absolute Gasteiger partial charge is 0.117 e. The summed E-state index contributed by atoms with van der Waals surface area (Å²) in [6.45, 7) is 12.8. The zero-order valence-corrected chi connectivity index (χ0v) is 16.6. The molecular formula is C14H21Cl2NS3. The number of thioether (sulfide) groups is 3. The van der Waals surface area contributed by atoms with E-state index in [1.807, 2.05) is 0 Å². The van der Waals surface area contributed by atoms with Gasteiger partial charge < -0.3 is 0 Å². The van der Waals surface area contributed by atoms with E-state index < -0.39 is 0 Å². The Balaban J connectivity index is 3.31. The second-order valence-corrected chi connectivity index (χ2v) is 10.7. The van der Waals surface area contributed by atoms with E-state index in [2.05, 4.69) is 46.5 Å². The summed E-state index contributed by atoms with van der Waals surface area (Å²) in [7, 11) is 0. The lowest BCUT2D eigenvalue weighted by Crippen LogP contribution is -1.99. The van der Waals surface area contributed by atoms with E-state index in [4.69, 9.17) is 23.2 Å². The van der Waals surface area contributed by atoms with E-state index >= 15 is 0 Å². The molecule has 20 heavy (non-hydrogen) atoms. The van der Waals surface area contributed by atoms with Crippen molar-refractivity contribution in [3.05, 3.63) is 10.0 Å².